The number of aliphatic hydroxyl groups excluding tert-OH is 1. The minimum atomic E-state index is -4.11. The Bertz CT molecular complexity index is 592. The molecule has 118 valence electrons. The van der Waals surface area contributed by atoms with Crippen LogP contribution in [0.2, 0.25) is 0 Å². The smallest absolute Gasteiger partial charge is 0.292 e. The van der Waals surface area contributed by atoms with Crippen LogP contribution in [0.4, 0.5) is 10.1 Å². The highest BCUT2D eigenvalue weighted by molar-refractivity contribution is 7.89. The molecule has 1 rings (SSSR count). The maximum Gasteiger partial charge on any atom is 0.292 e. The molecule has 2 N–H and O–H groups in total. The molecule has 1 aromatic rings. The van der Waals surface area contributed by atoms with E-state index in [-0.39, 0.29) is 26.4 Å². The minimum Gasteiger partial charge on any atom is -0.394 e. The number of sulfonamides is 1. The van der Waals surface area contributed by atoms with Crippen LogP contribution in [0.1, 0.15) is 6.42 Å². The summed E-state index contributed by atoms with van der Waals surface area (Å²) >= 11 is 0. The van der Waals surface area contributed by atoms with Gasteiger partial charge in [-0.1, -0.05) is 0 Å². The molecule has 0 saturated carbocycles. The molecule has 21 heavy (non-hydrogen) atoms. The molecule has 0 saturated heterocycles. The van der Waals surface area contributed by atoms with Crippen molar-refractivity contribution in [2.75, 3.05) is 26.4 Å². The van der Waals surface area contributed by atoms with Gasteiger partial charge in [-0.15, -0.1) is 0 Å². The zero-order valence-corrected chi connectivity index (χ0v) is 11.8. The number of nitro benzene ring substituents is 1. The average molecular weight is 322 g/mol. The van der Waals surface area contributed by atoms with Crippen LogP contribution in [0, 0.1) is 15.9 Å². The normalized spacial score (nSPS) is 11.5. The summed E-state index contributed by atoms with van der Waals surface area (Å²) in [5.74, 6) is -0.891. The van der Waals surface area contributed by atoms with E-state index in [0.29, 0.717) is 12.5 Å². The lowest BCUT2D eigenvalue weighted by Gasteiger charge is -2.07. The fourth-order valence-electron chi connectivity index (χ4n) is 1.49. The van der Waals surface area contributed by atoms with E-state index in [1.807, 2.05) is 0 Å². The number of nitro groups is 1. The maximum absolute atomic E-state index is 13.0. The molecular weight excluding hydrogens is 307 g/mol. The van der Waals surface area contributed by atoms with Crippen LogP contribution >= 0.6 is 0 Å². The molecular formula is C11H15FN2O6S. The van der Waals surface area contributed by atoms with Gasteiger partial charge in [0.15, 0.2) is 4.90 Å². The van der Waals surface area contributed by atoms with Crippen molar-refractivity contribution in [2.45, 2.75) is 11.3 Å². The number of nitrogens with one attached hydrogen (secondary N) is 1. The van der Waals surface area contributed by atoms with E-state index in [1.165, 1.54) is 0 Å². The number of hydrogen-bond donors (Lipinski definition) is 2. The molecule has 0 aliphatic carbocycles. The van der Waals surface area contributed by atoms with Crippen LogP contribution in [0.5, 0.6) is 0 Å². The third-order valence-corrected chi connectivity index (χ3v) is 3.91. The molecule has 10 heteroatoms. The second kappa shape index (κ2) is 7.98. The highest BCUT2D eigenvalue weighted by Crippen LogP contribution is 2.24. The molecule has 0 amide bonds. The zero-order chi connectivity index (χ0) is 15.9. The van der Waals surface area contributed by atoms with E-state index in [0.717, 1.165) is 12.1 Å². The molecule has 0 radical (unpaired) electrons. The fraction of sp³-hybridized carbons (Fsp3) is 0.455. The molecule has 0 atom stereocenters. The van der Waals surface area contributed by atoms with Crippen molar-refractivity contribution in [3.05, 3.63) is 34.1 Å². The Balaban J connectivity index is 2.72. The van der Waals surface area contributed by atoms with Crippen molar-refractivity contribution in [1.29, 1.82) is 0 Å². The third-order valence-electron chi connectivity index (χ3n) is 2.40. The van der Waals surface area contributed by atoms with Gasteiger partial charge < -0.3 is 9.84 Å². The second-order valence-corrected chi connectivity index (χ2v) is 5.69. The summed E-state index contributed by atoms with van der Waals surface area (Å²) in [5.41, 5.74) is -0.820. The third kappa shape index (κ3) is 5.34. The Morgan fingerprint density at radius 3 is 2.71 bits per heavy atom. The van der Waals surface area contributed by atoms with Crippen molar-refractivity contribution >= 4 is 15.7 Å². The Hall–Kier alpha value is -1.62. The Kier molecular flexibility index (Phi) is 6.62. The molecule has 0 unspecified atom stereocenters. The predicted octanol–water partition coefficient (Wildman–Crippen LogP) is 0.411. The summed E-state index contributed by atoms with van der Waals surface area (Å²) in [7, 11) is -4.11. The highest BCUT2D eigenvalue weighted by Gasteiger charge is 2.25. The van der Waals surface area contributed by atoms with Crippen molar-refractivity contribution in [3.63, 3.8) is 0 Å². The van der Waals surface area contributed by atoms with E-state index in [1.54, 1.807) is 0 Å². The lowest BCUT2D eigenvalue weighted by molar-refractivity contribution is -0.388. The van der Waals surface area contributed by atoms with Crippen LogP contribution in [-0.4, -0.2) is 44.8 Å². The van der Waals surface area contributed by atoms with Crippen LogP contribution in [0.25, 0.3) is 0 Å². The van der Waals surface area contributed by atoms with E-state index >= 15 is 0 Å². The SMILES string of the molecule is O=[N+]([O-])c1cc(F)ccc1S(=O)(=O)NCCCOCCO. The van der Waals surface area contributed by atoms with Gasteiger partial charge in [0.25, 0.3) is 5.69 Å². The molecule has 0 aliphatic rings. The van der Waals surface area contributed by atoms with E-state index < -0.39 is 31.3 Å². The average Bonchev–Trinajstić information content (AvgIpc) is 2.42. The van der Waals surface area contributed by atoms with Gasteiger partial charge in [-0.2, -0.15) is 0 Å². The van der Waals surface area contributed by atoms with Crippen molar-refractivity contribution in [2.24, 2.45) is 0 Å². The topological polar surface area (TPSA) is 119 Å². The number of halogens is 1. The van der Waals surface area contributed by atoms with Crippen molar-refractivity contribution in [3.8, 4) is 0 Å². The summed E-state index contributed by atoms with van der Waals surface area (Å²) < 4.78 is 43.9. The lowest BCUT2D eigenvalue weighted by atomic mass is 10.3. The van der Waals surface area contributed by atoms with Gasteiger partial charge in [-0.3, -0.25) is 10.1 Å². The second-order valence-electron chi connectivity index (χ2n) is 3.96. The Morgan fingerprint density at radius 1 is 1.38 bits per heavy atom. The highest BCUT2D eigenvalue weighted by atomic mass is 32.2. The monoisotopic (exact) mass is 322 g/mol. The maximum atomic E-state index is 13.0. The first-order valence-electron chi connectivity index (χ1n) is 6.00. The van der Waals surface area contributed by atoms with Crippen LogP contribution < -0.4 is 4.72 Å². The van der Waals surface area contributed by atoms with Gasteiger partial charge in [0.2, 0.25) is 10.0 Å². The number of rotatable bonds is 9. The minimum absolute atomic E-state index is 0.00227. The number of aliphatic hydroxyl groups is 1. The quantitative estimate of drug-likeness (QED) is 0.386. The van der Waals surface area contributed by atoms with E-state index in [2.05, 4.69) is 4.72 Å². The molecule has 0 aliphatic heterocycles. The van der Waals surface area contributed by atoms with Crippen LogP contribution in [0.15, 0.2) is 23.1 Å². The molecule has 0 bridgehead atoms. The van der Waals surface area contributed by atoms with Crippen molar-refractivity contribution in [1.82, 2.24) is 4.72 Å². The summed E-state index contributed by atoms with van der Waals surface area (Å²) in [4.78, 5) is 9.22. The summed E-state index contributed by atoms with van der Waals surface area (Å²) in [6.45, 7) is 0.251. The van der Waals surface area contributed by atoms with Gasteiger partial charge in [-0.05, 0) is 18.6 Å². The summed E-state index contributed by atoms with van der Waals surface area (Å²) in [5, 5.41) is 19.2. The van der Waals surface area contributed by atoms with Crippen molar-refractivity contribution < 1.29 is 27.6 Å². The summed E-state index contributed by atoms with van der Waals surface area (Å²) in [6, 6.07) is 2.24. The Labute approximate surface area is 120 Å². The number of benzene rings is 1. The molecule has 0 spiro atoms. The van der Waals surface area contributed by atoms with Gasteiger partial charge in [-0.25, -0.2) is 17.5 Å². The fourth-order valence-corrected chi connectivity index (χ4v) is 2.71. The Morgan fingerprint density at radius 2 is 2.10 bits per heavy atom. The van der Waals surface area contributed by atoms with Gasteiger partial charge in [0.1, 0.15) is 5.82 Å². The summed E-state index contributed by atoms with van der Waals surface area (Å²) in [6.07, 6.45) is 0.328. The molecule has 0 heterocycles. The lowest BCUT2D eigenvalue weighted by Crippen LogP contribution is -2.26. The number of nitrogens with zero attached hydrogens (tertiary/aromatic N) is 1. The largest absolute Gasteiger partial charge is 0.394 e. The molecule has 1 aromatic carbocycles. The van der Waals surface area contributed by atoms with E-state index in [4.69, 9.17) is 9.84 Å². The van der Waals surface area contributed by atoms with Gasteiger partial charge in [0, 0.05) is 13.2 Å². The first kappa shape index (κ1) is 17.4. The van der Waals surface area contributed by atoms with Gasteiger partial charge in [0.05, 0.1) is 24.2 Å². The molecule has 8 nitrogen and oxygen atoms in total. The van der Waals surface area contributed by atoms with Crippen LogP contribution in [0.3, 0.4) is 0 Å². The first-order valence-corrected chi connectivity index (χ1v) is 7.49. The number of ether oxygens (including phenoxy) is 1. The zero-order valence-electron chi connectivity index (χ0n) is 11.0. The van der Waals surface area contributed by atoms with E-state index in [9.17, 15) is 22.9 Å². The standard InChI is InChI=1S/C11H15FN2O6S/c12-9-2-3-11(10(8-9)14(16)17)21(18,19)13-4-1-6-20-7-5-15/h2-3,8,13,15H,1,4-7H2. The molecule has 0 fully saturated rings. The number of hydrogen-bond acceptors (Lipinski definition) is 6. The predicted molar refractivity (Wildman–Crippen MR) is 70.8 cm³/mol. The van der Waals surface area contributed by atoms with Gasteiger partial charge >= 0.3 is 0 Å². The van der Waals surface area contributed by atoms with Crippen LogP contribution in [-0.2, 0) is 14.8 Å². The molecule has 0 aromatic heterocycles. The first-order chi connectivity index (χ1) is 9.88.